The molecule has 1 rings (SSSR count). The van der Waals surface area contributed by atoms with E-state index < -0.39 is 0 Å². The smallest absolute Gasteiger partial charge is 0.152 e. The standard InChI is InChI=1S/C7H13N3O2/c1-2-12-4-3-10-7(5-11)8-6-9-10/h6,11H,2-5H2,1H3. The van der Waals surface area contributed by atoms with E-state index in [1.165, 1.54) is 6.33 Å². The number of ether oxygens (including phenoxy) is 1. The van der Waals surface area contributed by atoms with E-state index in [-0.39, 0.29) is 6.61 Å². The van der Waals surface area contributed by atoms with E-state index in [0.717, 1.165) is 0 Å². The monoisotopic (exact) mass is 171 g/mol. The van der Waals surface area contributed by atoms with E-state index in [0.29, 0.717) is 25.6 Å². The van der Waals surface area contributed by atoms with Gasteiger partial charge in [-0.15, -0.1) is 0 Å². The van der Waals surface area contributed by atoms with E-state index >= 15 is 0 Å². The minimum atomic E-state index is -0.0773. The molecular weight excluding hydrogens is 158 g/mol. The SMILES string of the molecule is CCOCCn1ncnc1CO. The number of rotatable bonds is 5. The Morgan fingerprint density at radius 3 is 3.17 bits per heavy atom. The first-order valence-electron chi connectivity index (χ1n) is 3.93. The van der Waals surface area contributed by atoms with E-state index in [4.69, 9.17) is 9.84 Å². The lowest BCUT2D eigenvalue weighted by molar-refractivity contribution is 0.133. The summed E-state index contributed by atoms with van der Waals surface area (Å²) in [5.74, 6) is 0.578. The predicted molar refractivity (Wildman–Crippen MR) is 42.4 cm³/mol. The summed E-state index contributed by atoms with van der Waals surface area (Å²) in [5, 5.41) is 12.7. The fourth-order valence-electron chi connectivity index (χ4n) is 0.893. The quantitative estimate of drug-likeness (QED) is 0.624. The molecule has 0 atom stereocenters. The van der Waals surface area contributed by atoms with Crippen molar-refractivity contribution in [2.75, 3.05) is 13.2 Å². The van der Waals surface area contributed by atoms with Crippen LogP contribution < -0.4 is 0 Å². The topological polar surface area (TPSA) is 60.2 Å². The van der Waals surface area contributed by atoms with E-state index in [9.17, 15) is 0 Å². The number of nitrogens with zero attached hydrogens (tertiary/aromatic N) is 3. The maximum Gasteiger partial charge on any atom is 0.152 e. The Balaban J connectivity index is 2.39. The third-order valence-electron chi connectivity index (χ3n) is 1.49. The van der Waals surface area contributed by atoms with Crippen LogP contribution in [0.2, 0.25) is 0 Å². The summed E-state index contributed by atoms with van der Waals surface area (Å²) in [7, 11) is 0. The first-order valence-corrected chi connectivity index (χ1v) is 3.93. The predicted octanol–water partition coefficient (Wildman–Crippen LogP) is -0.193. The molecule has 0 amide bonds. The highest BCUT2D eigenvalue weighted by atomic mass is 16.5. The van der Waals surface area contributed by atoms with Gasteiger partial charge in [-0.1, -0.05) is 0 Å². The van der Waals surface area contributed by atoms with Gasteiger partial charge in [-0.3, -0.25) is 0 Å². The second-order valence-electron chi connectivity index (χ2n) is 2.25. The fourth-order valence-corrected chi connectivity index (χ4v) is 0.893. The first kappa shape index (κ1) is 9.15. The lowest BCUT2D eigenvalue weighted by Crippen LogP contribution is -2.10. The highest BCUT2D eigenvalue weighted by Gasteiger charge is 2.00. The zero-order chi connectivity index (χ0) is 8.81. The molecule has 12 heavy (non-hydrogen) atoms. The van der Waals surface area contributed by atoms with E-state index in [1.54, 1.807) is 4.68 Å². The largest absolute Gasteiger partial charge is 0.388 e. The van der Waals surface area contributed by atoms with Crippen molar-refractivity contribution in [2.24, 2.45) is 0 Å². The Kier molecular flexibility index (Phi) is 3.69. The van der Waals surface area contributed by atoms with Crippen molar-refractivity contribution in [2.45, 2.75) is 20.1 Å². The van der Waals surface area contributed by atoms with Crippen molar-refractivity contribution in [3.63, 3.8) is 0 Å². The zero-order valence-corrected chi connectivity index (χ0v) is 7.10. The van der Waals surface area contributed by atoms with Gasteiger partial charge in [0, 0.05) is 6.61 Å². The molecule has 1 aromatic heterocycles. The summed E-state index contributed by atoms with van der Waals surface area (Å²) < 4.78 is 6.77. The maximum atomic E-state index is 8.80. The molecule has 0 spiro atoms. The molecule has 0 saturated heterocycles. The van der Waals surface area contributed by atoms with Gasteiger partial charge in [0.05, 0.1) is 13.2 Å². The van der Waals surface area contributed by atoms with Crippen LogP contribution in [0.4, 0.5) is 0 Å². The van der Waals surface area contributed by atoms with Crippen molar-refractivity contribution in [3.05, 3.63) is 12.2 Å². The molecule has 0 aliphatic rings. The molecule has 68 valence electrons. The van der Waals surface area contributed by atoms with Crippen molar-refractivity contribution >= 4 is 0 Å². The average molecular weight is 171 g/mol. The Labute approximate surface area is 71.0 Å². The second kappa shape index (κ2) is 4.84. The second-order valence-corrected chi connectivity index (χ2v) is 2.25. The first-order chi connectivity index (χ1) is 5.88. The Morgan fingerprint density at radius 2 is 2.50 bits per heavy atom. The van der Waals surface area contributed by atoms with Crippen molar-refractivity contribution < 1.29 is 9.84 Å². The molecule has 0 saturated carbocycles. The molecule has 0 aliphatic heterocycles. The van der Waals surface area contributed by atoms with Crippen LogP contribution in [0, 0.1) is 0 Å². The molecule has 5 heteroatoms. The van der Waals surface area contributed by atoms with Gasteiger partial charge in [0.2, 0.25) is 0 Å². The fraction of sp³-hybridized carbons (Fsp3) is 0.714. The normalized spacial score (nSPS) is 10.5. The van der Waals surface area contributed by atoms with Crippen LogP contribution in [0.1, 0.15) is 12.7 Å². The molecule has 0 radical (unpaired) electrons. The molecule has 0 bridgehead atoms. The van der Waals surface area contributed by atoms with Crippen LogP contribution in [-0.2, 0) is 17.9 Å². The minimum Gasteiger partial charge on any atom is -0.388 e. The third-order valence-corrected chi connectivity index (χ3v) is 1.49. The highest BCUT2D eigenvalue weighted by molar-refractivity contribution is 4.80. The number of hydrogen-bond acceptors (Lipinski definition) is 4. The molecule has 1 heterocycles. The Morgan fingerprint density at radius 1 is 1.67 bits per heavy atom. The van der Waals surface area contributed by atoms with Crippen LogP contribution in [0.5, 0.6) is 0 Å². The number of aromatic nitrogens is 3. The molecular formula is C7H13N3O2. The Bertz CT molecular complexity index is 224. The average Bonchev–Trinajstić information content (AvgIpc) is 2.52. The van der Waals surface area contributed by atoms with Crippen LogP contribution in [-0.4, -0.2) is 33.1 Å². The van der Waals surface area contributed by atoms with Gasteiger partial charge in [-0.25, -0.2) is 9.67 Å². The number of aliphatic hydroxyl groups is 1. The molecule has 0 fully saturated rings. The summed E-state index contributed by atoms with van der Waals surface area (Å²) in [4.78, 5) is 3.86. The van der Waals surface area contributed by atoms with Gasteiger partial charge in [0.1, 0.15) is 12.9 Å². The maximum absolute atomic E-state index is 8.80. The summed E-state index contributed by atoms with van der Waals surface area (Å²) >= 11 is 0. The van der Waals surface area contributed by atoms with Crippen molar-refractivity contribution in [1.29, 1.82) is 0 Å². The molecule has 1 aromatic rings. The molecule has 1 N–H and O–H groups in total. The summed E-state index contributed by atoms with van der Waals surface area (Å²) in [6.45, 7) is 3.81. The van der Waals surface area contributed by atoms with Crippen LogP contribution in [0.15, 0.2) is 6.33 Å². The summed E-state index contributed by atoms with van der Waals surface area (Å²) in [6.07, 6.45) is 1.43. The third kappa shape index (κ3) is 2.28. The van der Waals surface area contributed by atoms with Gasteiger partial charge < -0.3 is 9.84 Å². The van der Waals surface area contributed by atoms with Crippen LogP contribution in [0.3, 0.4) is 0 Å². The minimum absolute atomic E-state index is 0.0773. The highest BCUT2D eigenvalue weighted by Crippen LogP contribution is 1.92. The van der Waals surface area contributed by atoms with Gasteiger partial charge in [-0.2, -0.15) is 5.10 Å². The van der Waals surface area contributed by atoms with Crippen molar-refractivity contribution in [1.82, 2.24) is 14.8 Å². The lowest BCUT2D eigenvalue weighted by atomic mass is 10.6. The number of aliphatic hydroxyl groups excluding tert-OH is 1. The summed E-state index contributed by atoms with van der Waals surface area (Å²) in [5.41, 5.74) is 0. The molecule has 0 unspecified atom stereocenters. The number of hydrogen-bond donors (Lipinski definition) is 1. The van der Waals surface area contributed by atoms with Crippen LogP contribution in [0.25, 0.3) is 0 Å². The molecule has 0 aromatic carbocycles. The van der Waals surface area contributed by atoms with Crippen LogP contribution >= 0.6 is 0 Å². The molecule has 0 aliphatic carbocycles. The lowest BCUT2D eigenvalue weighted by Gasteiger charge is -2.03. The summed E-state index contributed by atoms with van der Waals surface area (Å²) in [6, 6.07) is 0. The van der Waals surface area contributed by atoms with Gasteiger partial charge >= 0.3 is 0 Å². The van der Waals surface area contributed by atoms with Gasteiger partial charge in [0.25, 0.3) is 0 Å². The van der Waals surface area contributed by atoms with E-state index in [1.807, 2.05) is 6.92 Å². The molecule has 5 nitrogen and oxygen atoms in total. The van der Waals surface area contributed by atoms with Gasteiger partial charge in [-0.05, 0) is 6.92 Å². The zero-order valence-electron chi connectivity index (χ0n) is 7.10. The van der Waals surface area contributed by atoms with E-state index in [2.05, 4.69) is 10.1 Å². The van der Waals surface area contributed by atoms with Gasteiger partial charge in [0.15, 0.2) is 5.82 Å². The van der Waals surface area contributed by atoms with Crippen molar-refractivity contribution in [3.8, 4) is 0 Å². The Hall–Kier alpha value is -0.940.